The van der Waals surface area contributed by atoms with Crippen LogP contribution in [0.15, 0.2) is 29.2 Å². The van der Waals surface area contributed by atoms with E-state index in [2.05, 4.69) is 26.7 Å². The Balaban J connectivity index is 1.51. The number of piperazine rings is 1. The third-order valence-corrected chi connectivity index (χ3v) is 6.27. The lowest BCUT2D eigenvalue weighted by Gasteiger charge is -2.37. The van der Waals surface area contributed by atoms with Gasteiger partial charge < -0.3 is 9.80 Å². The van der Waals surface area contributed by atoms with Crippen molar-refractivity contribution < 1.29 is 8.78 Å². The molecule has 0 aliphatic carbocycles. The first-order valence-corrected chi connectivity index (χ1v) is 10.3. The van der Waals surface area contributed by atoms with Gasteiger partial charge in [-0.25, -0.2) is 8.78 Å². The van der Waals surface area contributed by atoms with E-state index in [9.17, 15) is 13.6 Å². The van der Waals surface area contributed by atoms with Gasteiger partial charge in [0.25, 0.3) is 5.56 Å². The second-order valence-corrected chi connectivity index (χ2v) is 7.89. The summed E-state index contributed by atoms with van der Waals surface area (Å²) >= 11 is 6.35. The molecule has 1 aromatic heterocycles. The molecular formula is C20H24ClF2N5O. The summed E-state index contributed by atoms with van der Waals surface area (Å²) in [5.41, 5.74) is -0.183. The molecule has 29 heavy (non-hydrogen) atoms. The lowest BCUT2D eigenvalue weighted by atomic mass is 10.2. The molecule has 2 fully saturated rings. The fourth-order valence-electron chi connectivity index (χ4n) is 4.17. The molecule has 1 atom stereocenters. The van der Waals surface area contributed by atoms with Crippen molar-refractivity contribution in [2.75, 3.05) is 50.7 Å². The number of benzene rings is 1. The predicted octanol–water partition coefficient (Wildman–Crippen LogP) is 2.38. The summed E-state index contributed by atoms with van der Waals surface area (Å²) in [6.07, 6.45) is 2.49. The minimum absolute atomic E-state index is 0.000164. The highest BCUT2D eigenvalue weighted by Gasteiger charge is 2.31. The third kappa shape index (κ3) is 4.01. The fourth-order valence-corrected chi connectivity index (χ4v) is 4.42. The Bertz CT molecular complexity index is 945. The standard InChI is InChI=1S/C20H24ClF2N5O/c1-2-25-7-9-26(10-8-25)15-5-6-27(13-15)18-12-24-28(20(29)19(18)21)17-4-3-14(22)11-16(17)23/h3-4,11-12,15H,2,5-10,13H2,1H3. The van der Waals surface area contributed by atoms with E-state index in [1.165, 1.54) is 12.3 Å². The molecule has 2 aromatic rings. The van der Waals surface area contributed by atoms with Crippen molar-refractivity contribution in [2.24, 2.45) is 0 Å². The summed E-state index contributed by atoms with van der Waals surface area (Å²) < 4.78 is 28.1. The van der Waals surface area contributed by atoms with Crippen LogP contribution in [0.4, 0.5) is 14.5 Å². The molecule has 1 aromatic carbocycles. The zero-order valence-corrected chi connectivity index (χ0v) is 17.1. The second kappa shape index (κ2) is 8.38. The molecule has 0 radical (unpaired) electrons. The summed E-state index contributed by atoms with van der Waals surface area (Å²) in [5, 5.41) is 4.10. The predicted molar refractivity (Wildman–Crippen MR) is 109 cm³/mol. The third-order valence-electron chi connectivity index (χ3n) is 5.91. The molecule has 0 spiro atoms. The lowest BCUT2D eigenvalue weighted by molar-refractivity contribution is 0.107. The van der Waals surface area contributed by atoms with Gasteiger partial charge in [-0.3, -0.25) is 9.69 Å². The van der Waals surface area contributed by atoms with Crippen molar-refractivity contribution in [1.82, 2.24) is 19.6 Å². The molecule has 4 rings (SSSR count). The van der Waals surface area contributed by atoms with E-state index < -0.39 is 17.2 Å². The monoisotopic (exact) mass is 423 g/mol. The number of nitrogens with zero attached hydrogens (tertiary/aromatic N) is 5. The molecule has 2 saturated heterocycles. The van der Waals surface area contributed by atoms with Gasteiger partial charge in [-0.2, -0.15) is 9.78 Å². The molecular weight excluding hydrogens is 400 g/mol. The van der Waals surface area contributed by atoms with Crippen LogP contribution in [0, 0.1) is 11.6 Å². The molecule has 9 heteroatoms. The van der Waals surface area contributed by atoms with E-state index in [0.29, 0.717) is 17.8 Å². The van der Waals surface area contributed by atoms with Gasteiger partial charge in [-0.1, -0.05) is 18.5 Å². The number of rotatable bonds is 4. The van der Waals surface area contributed by atoms with Crippen molar-refractivity contribution in [3.05, 3.63) is 51.4 Å². The van der Waals surface area contributed by atoms with Crippen LogP contribution >= 0.6 is 11.6 Å². The first-order valence-electron chi connectivity index (χ1n) is 9.92. The lowest BCUT2D eigenvalue weighted by Crippen LogP contribution is -2.50. The van der Waals surface area contributed by atoms with Crippen LogP contribution in [0.2, 0.25) is 5.02 Å². The SMILES string of the molecule is CCN1CCN(C2CCN(c3cnn(-c4ccc(F)cc4F)c(=O)c3Cl)C2)CC1. The Hall–Kier alpha value is -2.03. The number of anilines is 1. The summed E-state index contributed by atoms with van der Waals surface area (Å²) in [6, 6.07) is 3.39. The molecule has 156 valence electrons. The summed E-state index contributed by atoms with van der Waals surface area (Å²) in [4.78, 5) is 19.7. The van der Waals surface area contributed by atoms with Gasteiger partial charge >= 0.3 is 0 Å². The highest BCUT2D eigenvalue weighted by Crippen LogP contribution is 2.28. The Morgan fingerprint density at radius 3 is 2.59 bits per heavy atom. The van der Waals surface area contributed by atoms with E-state index in [-0.39, 0.29) is 10.7 Å². The number of aromatic nitrogens is 2. The van der Waals surface area contributed by atoms with Crippen molar-refractivity contribution >= 4 is 17.3 Å². The zero-order valence-electron chi connectivity index (χ0n) is 16.3. The Morgan fingerprint density at radius 2 is 1.90 bits per heavy atom. The topological polar surface area (TPSA) is 44.6 Å². The molecule has 3 heterocycles. The Labute approximate surface area is 173 Å². The maximum absolute atomic E-state index is 14.1. The maximum atomic E-state index is 14.1. The Morgan fingerprint density at radius 1 is 1.14 bits per heavy atom. The minimum Gasteiger partial charge on any atom is -0.367 e. The molecule has 0 saturated carbocycles. The molecule has 0 N–H and O–H groups in total. The van der Waals surface area contributed by atoms with E-state index >= 15 is 0 Å². The summed E-state index contributed by atoms with van der Waals surface area (Å²) in [7, 11) is 0. The summed E-state index contributed by atoms with van der Waals surface area (Å²) in [5.74, 6) is -1.58. The van der Waals surface area contributed by atoms with Crippen LogP contribution in [0.25, 0.3) is 5.69 Å². The van der Waals surface area contributed by atoms with Gasteiger partial charge in [-0.05, 0) is 25.1 Å². The van der Waals surface area contributed by atoms with Crippen LogP contribution in [0.5, 0.6) is 0 Å². The number of hydrogen-bond donors (Lipinski definition) is 0. The largest absolute Gasteiger partial charge is 0.367 e. The Kier molecular flexibility index (Phi) is 5.85. The number of halogens is 3. The van der Waals surface area contributed by atoms with E-state index in [1.54, 1.807) is 0 Å². The van der Waals surface area contributed by atoms with E-state index in [1.807, 2.05) is 0 Å². The second-order valence-electron chi connectivity index (χ2n) is 7.52. The molecule has 0 bridgehead atoms. The first-order chi connectivity index (χ1) is 14.0. The van der Waals surface area contributed by atoms with Crippen LogP contribution < -0.4 is 10.5 Å². The van der Waals surface area contributed by atoms with Crippen LogP contribution in [0.1, 0.15) is 13.3 Å². The van der Waals surface area contributed by atoms with Crippen molar-refractivity contribution in [3.63, 3.8) is 0 Å². The van der Waals surface area contributed by atoms with E-state index in [0.717, 1.165) is 63.0 Å². The highest BCUT2D eigenvalue weighted by atomic mass is 35.5. The molecule has 2 aliphatic heterocycles. The smallest absolute Gasteiger partial charge is 0.292 e. The van der Waals surface area contributed by atoms with Crippen molar-refractivity contribution in [2.45, 2.75) is 19.4 Å². The molecule has 2 aliphatic rings. The highest BCUT2D eigenvalue weighted by molar-refractivity contribution is 6.33. The summed E-state index contributed by atoms with van der Waals surface area (Å²) in [6.45, 7) is 9.08. The van der Waals surface area contributed by atoms with E-state index in [4.69, 9.17) is 11.6 Å². The average molecular weight is 424 g/mol. The average Bonchev–Trinajstić information content (AvgIpc) is 3.20. The van der Waals surface area contributed by atoms with Gasteiger partial charge in [0, 0.05) is 51.4 Å². The quantitative estimate of drug-likeness (QED) is 0.755. The van der Waals surface area contributed by atoms with Crippen LogP contribution in [0.3, 0.4) is 0 Å². The fraction of sp³-hybridized carbons (Fsp3) is 0.500. The molecule has 6 nitrogen and oxygen atoms in total. The molecule has 0 amide bonds. The first kappa shape index (κ1) is 20.3. The van der Waals surface area contributed by atoms with Crippen molar-refractivity contribution in [3.8, 4) is 5.69 Å². The van der Waals surface area contributed by atoms with Gasteiger partial charge in [0.15, 0.2) is 5.82 Å². The number of likely N-dealkylation sites (N-methyl/N-ethyl adjacent to an activating group) is 1. The zero-order chi connectivity index (χ0) is 20.5. The van der Waals surface area contributed by atoms with Gasteiger partial charge in [0.1, 0.15) is 16.5 Å². The normalized spacial score (nSPS) is 21.1. The van der Waals surface area contributed by atoms with Gasteiger partial charge in [-0.15, -0.1) is 0 Å². The van der Waals surface area contributed by atoms with Gasteiger partial charge in [0.2, 0.25) is 0 Å². The molecule has 1 unspecified atom stereocenters. The minimum atomic E-state index is -0.865. The maximum Gasteiger partial charge on any atom is 0.292 e. The van der Waals surface area contributed by atoms with Gasteiger partial charge in [0.05, 0.1) is 11.9 Å². The van der Waals surface area contributed by atoms with Crippen LogP contribution in [-0.2, 0) is 0 Å². The van der Waals surface area contributed by atoms with Crippen LogP contribution in [-0.4, -0.2) is 71.4 Å². The number of hydrogen-bond acceptors (Lipinski definition) is 5. The van der Waals surface area contributed by atoms with Crippen molar-refractivity contribution in [1.29, 1.82) is 0 Å².